The van der Waals surface area contributed by atoms with E-state index in [4.69, 9.17) is 21.1 Å². The monoisotopic (exact) mass is 576 g/mol. The number of fused-ring (bicyclic) bond motifs is 2. The van der Waals surface area contributed by atoms with E-state index in [1.807, 2.05) is 42.5 Å². The molecule has 0 saturated carbocycles. The molecule has 2 amide bonds. The first-order valence-corrected chi connectivity index (χ1v) is 14.4. The average molecular weight is 577 g/mol. The standard InChI is InChI=1S/C32H33ClN2O6/c1-31-15-8-3-9-18-40-30(39)26(31)25-28(37)35(22(20-36)19-21-11-4-2-5-12-21)27-29(38)34(17-10-16-32(25,27)41-31)24-14-7-6-13-23(24)33/h2,4-8,10-16,22,25-27,36H,3,9,17-20H2,1H3/b15-8-/t22-,25+,26-,27?,31+,32+/m1/s1. The Balaban J connectivity index is 1.51. The molecule has 1 spiro atoms. The molecule has 6 rings (SSSR count). The van der Waals surface area contributed by atoms with Crippen molar-refractivity contribution in [2.24, 2.45) is 11.8 Å². The maximum absolute atomic E-state index is 14.7. The molecule has 4 aliphatic rings. The van der Waals surface area contributed by atoms with Crippen LogP contribution in [-0.4, -0.2) is 70.8 Å². The lowest BCUT2D eigenvalue weighted by molar-refractivity contribution is -0.159. The van der Waals surface area contributed by atoms with E-state index >= 15 is 0 Å². The molecular formula is C32H33ClN2O6. The highest BCUT2D eigenvalue weighted by Crippen LogP contribution is 2.57. The van der Waals surface area contributed by atoms with Crippen LogP contribution in [0.4, 0.5) is 5.69 Å². The van der Waals surface area contributed by atoms with Crippen molar-refractivity contribution in [2.75, 3.05) is 24.7 Å². The Bertz CT molecular complexity index is 1410. The molecular weight excluding hydrogens is 544 g/mol. The van der Waals surface area contributed by atoms with Gasteiger partial charge in [-0.05, 0) is 43.9 Å². The van der Waals surface area contributed by atoms with Crippen molar-refractivity contribution in [1.82, 2.24) is 4.90 Å². The molecule has 1 N–H and O–H groups in total. The zero-order valence-corrected chi connectivity index (χ0v) is 23.6. The zero-order valence-electron chi connectivity index (χ0n) is 22.8. The number of aliphatic hydroxyl groups excluding tert-OH is 1. The second kappa shape index (κ2) is 10.7. The highest BCUT2D eigenvalue weighted by molar-refractivity contribution is 6.34. The Labute approximate surface area is 244 Å². The maximum atomic E-state index is 14.7. The van der Waals surface area contributed by atoms with E-state index < -0.39 is 52.9 Å². The number of aliphatic hydroxyl groups is 1. The fourth-order valence-electron chi connectivity index (χ4n) is 6.99. The predicted molar refractivity (Wildman–Crippen MR) is 153 cm³/mol. The lowest BCUT2D eigenvalue weighted by Gasteiger charge is -2.40. The maximum Gasteiger partial charge on any atom is 0.313 e. The van der Waals surface area contributed by atoms with Gasteiger partial charge in [0.25, 0.3) is 5.91 Å². The average Bonchev–Trinajstić information content (AvgIpc) is 3.32. The number of carbonyl (C=O) groups excluding carboxylic acids is 3. The number of halogens is 1. The number of allylic oxidation sites excluding steroid dienone is 1. The second-order valence-corrected chi connectivity index (χ2v) is 11.7. The van der Waals surface area contributed by atoms with Gasteiger partial charge < -0.3 is 24.4 Å². The Morgan fingerprint density at radius 3 is 2.51 bits per heavy atom. The van der Waals surface area contributed by atoms with Gasteiger partial charge in [0.1, 0.15) is 17.6 Å². The zero-order chi connectivity index (χ0) is 28.8. The number of ether oxygens (including phenoxy) is 2. The Morgan fingerprint density at radius 1 is 1.00 bits per heavy atom. The van der Waals surface area contributed by atoms with Crippen molar-refractivity contribution in [1.29, 1.82) is 0 Å². The van der Waals surface area contributed by atoms with Crippen LogP contribution in [0, 0.1) is 11.8 Å². The van der Waals surface area contributed by atoms with Crippen LogP contribution in [0.5, 0.6) is 0 Å². The number of likely N-dealkylation sites (tertiary alicyclic amines) is 1. The summed E-state index contributed by atoms with van der Waals surface area (Å²) in [6.07, 6.45) is 9.05. The van der Waals surface area contributed by atoms with Gasteiger partial charge in [0.15, 0.2) is 0 Å². The number of carbonyl (C=O) groups is 3. The van der Waals surface area contributed by atoms with Gasteiger partial charge in [-0.15, -0.1) is 0 Å². The van der Waals surface area contributed by atoms with E-state index in [1.165, 1.54) is 4.90 Å². The van der Waals surface area contributed by atoms with E-state index in [1.54, 1.807) is 48.2 Å². The van der Waals surface area contributed by atoms with Crippen molar-refractivity contribution in [3.8, 4) is 0 Å². The smallest absolute Gasteiger partial charge is 0.313 e. The van der Waals surface area contributed by atoms with Gasteiger partial charge in [-0.25, -0.2) is 0 Å². The number of cyclic esters (lactones) is 1. The number of amides is 2. The summed E-state index contributed by atoms with van der Waals surface area (Å²) in [5.41, 5.74) is -1.23. The highest BCUT2D eigenvalue weighted by atomic mass is 35.5. The summed E-state index contributed by atoms with van der Waals surface area (Å²) in [5, 5.41) is 11.0. The summed E-state index contributed by atoms with van der Waals surface area (Å²) in [6, 6.07) is 14.7. The van der Waals surface area contributed by atoms with Crippen LogP contribution in [-0.2, 0) is 30.3 Å². The first-order valence-electron chi connectivity index (χ1n) is 14.1. The number of hydrogen-bond acceptors (Lipinski definition) is 6. The van der Waals surface area contributed by atoms with Crippen LogP contribution in [0.3, 0.4) is 0 Å². The van der Waals surface area contributed by atoms with Gasteiger partial charge >= 0.3 is 5.97 Å². The number of hydrogen-bond donors (Lipinski definition) is 1. The van der Waals surface area contributed by atoms with Crippen molar-refractivity contribution >= 4 is 35.1 Å². The summed E-state index contributed by atoms with van der Waals surface area (Å²) in [6.45, 7) is 1.84. The predicted octanol–water partition coefficient (Wildman–Crippen LogP) is 3.71. The molecule has 6 atom stereocenters. The molecule has 4 heterocycles. The molecule has 4 aliphatic heterocycles. The normalized spacial score (nSPS) is 32.7. The van der Waals surface area contributed by atoms with E-state index in [-0.39, 0.29) is 19.8 Å². The minimum atomic E-state index is -1.46. The molecule has 0 aliphatic carbocycles. The molecule has 2 fully saturated rings. The Kier molecular flexibility index (Phi) is 7.26. The third kappa shape index (κ3) is 4.49. The van der Waals surface area contributed by atoms with Crippen molar-refractivity contribution in [3.05, 3.63) is 89.5 Å². The largest absolute Gasteiger partial charge is 0.465 e. The third-order valence-corrected chi connectivity index (χ3v) is 9.07. The highest BCUT2D eigenvalue weighted by Gasteiger charge is 2.75. The van der Waals surface area contributed by atoms with Crippen LogP contribution in [0.15, 0.2) is 78.9 Å². The number of benzene rings is 2. The van der Waals surface area contributed by atoms with Crippen LogP contribution < -0.4 is 4.90 Å². The number of para-hydroxylation sites is 1. The SMILES string of the molecule is C[C@]12/C=C\CCCOC(=O)[C@H]1[C@H]1C(=O)N([C@@H](CO)Cc3ccccc3)C3C(=O)N(c4ccccc4Cl)CC=C[C@@]31O2. The quantitative estimate of drug-likeness (QED) is 0.431. The first-order chi connectivity index (χ1) is 19.8. The number of nitrogens with zero attached hydrogens (tertiary/aromatic N) is 2. The van der Waals surface area contributed by atoms with Crippen molar-refractivity contribution < 1.29 is 29.0 Å². The van der Waals surface area contributed by atoms with Gasteiger partial charge in [0, 0.05) is 6.54 Å². The molecule has 2 saturated heterocycles. The minimum Gasteiger partial charge on any atom is -0.465 e. The summed E-state index contributed by atoms with van der Waals surface area (Å²) < 4.78 is 12.5. The fraction of sp³-hybridized carbons (Fsp3) is 0.406. The molecule has 9 heteroatoms. The summed E-state index contributed by atoms with van der Waals surface area (Å²) in [7, 11) is 0. The van der Waals surface area contributed by atoms with Crippen molar-refractivity contribution in [3.63, 3.8) is 0 Å². The Hall–Kier alpha value is -3.46. The van der Waals surface area contributed by atoms with E-state index in [2.05, 4.69) is 0 Å². The van der Waals surface area contributed by atoms with Gasteiger partial charge in [-0.3, -0.25) is 14.4 Å². The van der Waals surface area contributed by atoms with Gasteiger partial charge in [-0.1, -0.05) is 78.4 Å². The molecule has 1 unspecified atom stereocenters. The molecule has 8 nitrogen and oxygen atoms in total. The van der Waals surface area contributed by atoms with Crippen LogP contribution in [0.2, 0.25) is 5.02 Å². The number of esters is 1. The van der Waals surface area contributed by atoms with Crippen LogP contribution in [0.25, 0.3) is 0 Å². The first kappa shape index (κ1) is 27.7. The summed E-state index contributed by atoms with van der Waals surface area (Å²) >= 11 is 6.54. The second-order valence-electron chi connectivity index (χ2n) is 11.3. The van der Waals surface area contributed by atoms with Gasteiger partial charge in [0.2, 0.25) is 5.91 Å². The number of anilines is 1. The molecule has 214 valence electrons. The lowest BCUT2D eigenvalue weighted by atomic mass is 9.74. The molecule has 0 radical (unpaired) electrons. The van der Waals surface area contributed by atoms with Crippen LogP contribution in [0.1, 0.15) is 25.3 Å². The van der Waals surface area contributed by atoms with E-state index in [9.17, 15) is 19.5 Å². The summed E-state index contributed by atoms with van der Waals surface area (Å²) in [5.74, 6) is -3.33. The van der Waals surface area contributed by atoms with Gasteiger partial charge in [-0.2, -0.15) is 0 Å². The molecule has 41 heavy (non-hydrogen) atoms. The topological polar surface area (TPSA) is 96.4 Å². The van der Waals surface area contributed by atoms with Crippen LogP contribution >= 0.6 is 11.6 Å². The summed E-state index contributed by atoms with van der Waals surface area (Å²) in [4.78, 5) is 45.9. The minimum absolute atomic E-state index is 0.197. The fourth-order valence-corrected chi connectivity index (χ4v) is 7.23. The number of rotatable bonds is 5. The van der Waals surface area contributed by atoms with Crippen molar-refractivity contribution in [2.45, 2.75) is 49.5 Å². The molecule has 2 aromatic rings. The third-order valence-electron chi connectivity index (χ3n) is 8.75. The molecule has 2 aromatic carbocycles. The van der Waals surface area contributed by atoms with E-state index in [0.717, 1.165) is 5.56 Å². The molecule has 0 bridgehead atoms. The Morgan fingerprint density at radius 2 is 1.76 bits per heavy atom. The lowest BCUT2D eigenvalue weighted by Crippen LogP contribution is -2.59. The van der Waals surface area contributed by atoms with Gasteiger partial charge in [0.05, 0.1) is 41.5 Å². The van der Waals surface area contributed by atoms with E-state index in [0.29, 0.717) is 30.0 Å². The molecule has 0 aromatic heterocycles.